The van der Waals surface area contributed by atoms with E-state index in [4.69, 9.17) is 14.3 Å². The fourth-order valence-electron chi connectivity index (χ4n) is 8.40. The standard InChI is InChI=1S/C21H22N6.C18H19BrN4.C9H15BN2O2/c1-2-8-26(7-1)13-16-5-6-22-19(9-16)10-20-15-27-14-17(3-4-21(27)25-20)18-11-23-24-12-18;19-15-3-4-18-21-17(13-23(18)12-15)10-16-9-14(5-6-20-16)11-22-7-1-2-8-22;1-8(2)9(3,4)14-10(13-8)7-5-11-12-6-7/h3-6,9,11-12,14-15H,1-2,7-8,10,13H2,(H,23,24);3-6,9,12-13H,1-2,7-8,10-11H2;5-6H,1-4H3,(H,11,12). The molecule has 16 heteroatoms. The van der Waals surface area contributed by atoms with E-state index in [0.29, 0.717) is 0 Å². The molecule has 14 nitrogen and oxygen atoms in total. The molecular formula is C48H56BBrN12O2. The van der Waals surface area contributed by atoms with E-state index in [2.05, 4.69) is 114 Å². The summed E-state index contributed by atoms with van der Waals surface area (Å²) in [5.74, 6) is 0. The van der Waals surface area contributed by atoms with Gasteiger partial charge in [0.05, 0.1) is 28.8 Å². The number of imidazole rings is 2. The zero-order valence-corrected chi connectivity index (χ0v) is 38.7. The van der Waals surface area contributed by atoms with E-state index in [0.717, 1.165) is 81.1 Å². The van der Waals surface area contributed by atoms with Crippen molar-refractivity contribution in [3.63, 3.8) is 0 Å². The Bertz CT molecular complexity index is 2740. The van der Waals surface area contributed by atoms with Crippen LogP contribution in [-0.2, 0) is 35.2 Å². The quantitative estimate of drug-likeness (QED) is 0.131. The topological polar surface area (TPSA) is 143 Å². The molecule has 0 bridgehead atoms. The molecule has 0 amide bonds. The van der Waals surface area contributed by atoms with Crippen LogP contribution in [0, 0.1) is 0 Å². The Balaban J connectivity index is 0.000000128. The van der Waals surface area contributed by atoms with Gasteiger partial charge in [-0.25, -0.2) is 9.97 Å². The fraction of sp³-hybridized carbons (Fsp3) is 0.375. The number of nitrogens with zero attached hydrogens (tertiary/aromatic N) is 10. The highest BCUT2D eigenvalue weighted by molar-refractivity contribution is 9.10. The molecule has 3 aliphatic rings. The van der Waals surface area contributed by atoms with E-state index in [9.17, 15) is 0 Å². The van der Waals surface area contributed by atoms with Gasteiger partial charge in [0.1, 0.15) is 11.3 Å². The average Bonchev–Trinajstić information content (AvgIpc) is 4.13. The van der Waals surface area contributed by atoms with Crippen molar-refractivity contribution in [2.24, 2.45) is 0 Å². The molecule has 3 fully saturated rings. The second-order valence-corrected chi connectivity index (χ2v) is 18.9. The second-order valence-electron chi connectivity index (χ2n) is 18.0. The third-order valence-electron chi connectivity index (χ3n) is 12.5. The SMILES string of the molecule is Brc1ccc2nc(Cc3cc(CN4CCCC4)ccn3)cn2c1.CC1(C)OB(c2cn[nH]c2)OC1(C)C.c1cc(CN2CCCC2)cc(Cc2cn3cc(-c4cn[nH]c4)ccc3n2)n1. The van der Waals surface area contributed by atoms with Gasteiger partial charge in [-0.1, -0.05) is 0 Å². The lowest BCUT2D eigenvalue weighted by molar-refractivity contribution is 0.00578. The van der Waals surface area contributed by atoms with Crippen LogP contribution in [0.4, 0.5) is 0 Å². The lowest BCUT2D eigenvalue weighted by atomic mass is 9.82. The molecule has 3 saturated heterocycles. The van der Waals surface area contributed by atoms with Gasteiger partial charge in [0, 0.05) is 114 Å². The lowest BCUT2D eigenvalue weighted by Crippen LogP contribution is -2.41. The molecule has 8 aromatic rings. The number of hydrogen-bond acceptors (Lipinski definition) is 10. The molecule has 0 aromatic carbocycles. The van der Waals surface area contributed by atoms with E-state index in [1.54, 1.807) is 12.4 Å². The van der Waals surface area contributed by atoms with Gasteiger partial charge in [0.2, 0.25) is 0 Å². The van der Waals surface area contributed by atoms with Crippen LogP contribution in [0.5, 0.6) is 0 Å². The van der Waals surface area contributed by atoms with Crippen LogP contribution in [0.1, 0.15) is 87.3 Å². The summed E-state index contributed by atoms with van der Waals surface area (Å²) in [6.45, 7) is 15.1. The minimum Gasteiger partial charge on any atom is -0.399 e. The van der Waals surface area contributed by atoms with Crippen molar-refractivity contribution in [3.05, 3.63) is 149 Å². The number of H-pyrrole nitrogens is 2. The predicted molar refractivity (Wildman–Crippen MR) is 253 cm³/mol. The van der Waals surface area contributed by atoms with Gasteiger partial charge >= 0.3 is 7.12 Å². The van der Waals surface area contributed by atoms with Gasteiger partial charge in [-0.15, -0.1) is 0 Å². The number of fused-ring (bicyclic) bond motifs is 2. The maximum Gasteiger partial charge on any atom is 0.498 e. The number of hydrogen-bond donors (Lipinski definition) is 2. The van der Waals surface area contributed by atoms with Crippen LogP contribution in [-0.4, -0.2) is 103 Å². The Labute approximate surface area is 383 Å². The van der Waals surface area contributed by atoms with Gasteiger partial charge in [-0.05, 0) is 155 Å². The highest BCUT2D eigenvalue weighted by Crippen LogP contribution is 2.36. The molecule has 11 rings (SSSR count). The largest absolute Gasteiger partial charge is 0.498 e. The van der Waals surface area contributed by atoms with Crippen molar-refractivity contribution >= 4 is 39.8 Å². The molecule has 0 saturated carbocycles. The first-order valence-corrected chi connectivity index (χ1v) is 23.1. The first-order valence-electron chi connectivity index (χ1n) is 22.3. The first kappa shape index (κ1) is 43.7. The van der Waals surface area contributed by atoms with Crippen LogP contribution in [0.15, 0.2) is 115 Å². The first-order chi connectivity index (χ1) is 31.0. The summed E-state index contributed by atoms with van der Waals surface area (Å²) >= 11 is 3.49. The van der Waals surface area contributed by atoms with Crippen LogP contribution in [0.3, 0.4) is 0 Å². The number of aromatic amines is 2. The van der Waals surface area contributed by atoms with E-state index < -0.39 is 0 Å². The molecule has 2 N–H and O–H groups in total. The minimum atomic E-state index is -0.307. The molecule has 0 aliphatic carbocycles. The van der Waals surface area contributed by atoms with E-state index >= 15 is 0 Å². The highest BCUT2D eigenvalue weighted by atomic mass is 79.9. The Kier molecular flexibility index (Phi) is 13.2. The zero-order chi connectivity index (χ0) is 44.1. The van der Waals surface area contributed by atoms with Crippen molar-refractivity contribution < 1.29 is 9.31 Å². The van der Waals surface area contributed by atoms with Gasteiger partial charge < -0.3 is 18.1 Å². The lowest BCUT2D eigenvalue weighted by Gasteiger charge is -2.32. The molecule has 0 spiro atoms. The molecule has 11 heterocycles. The number of pyridine rings is 4. The molecule has 8 aromatic heterocycles. The maximum atomic E-state index is 5.83. The maximum absolute atomic E-state index is 5.83. The highest BCUT2D eigenvalue weighted by Gasteiger charge is 2.52. The second kappa shape index (κ2) is 19.3. The minimum absolute atomic E-state index is 0.283. The summed E-state index contributed by atoms with van der Waals surface area (Å²) in [6, 6.07) is 16.9. The van der Waals surface area contributed by atoms with Crippen LogP contribution in [0.25, 0.3) is 22.4 Å². The Morgan fingerprint density at radius 3 is 1.67 bits per heavy atom. The predicted octanol–water partition coefficient (Wildman–Crippen LogP) is 7.69. The van der Waals surface area contributed by atoms with E-state index in [1.807, 2.05) is 81.3 Å². The molecule has 0 atom stereocenters. The van der Waals surface area contributed by atoms with Crippen molar-refractivity contribution in [1.29, 1.82) is 0 Å². The molecule has 330 valence electrons. The summed E-state index contributed by atoms with van der Waals surface area (Å²) in [5.41, 5.74) is 11.4. The summed E-state index contributed by atoms with van der Waals surface area (Å²) in [7, 11) is -0.307. The van der Waals surface area contributed by atoms with Gasteiger partial charge in [0.15, 0.2) is 0 Å². The Morgan fingerprint density at radius 2 is 1.14 bits per heavy atom. The number of aromatic nitrogens is 10. The Morgan fingerprint density at radius 1 is 0.609 bits per heavy atom. The number of nitrogens with one attached hydrogen (secondary N) is 2. The fourth-order valence-corrected chi connectivity index (χ4v) is 8.75. The molecule has 0 radical (unpaired) electrons. The number of halogens is 1. The average molecular weight is 924 g/mol. The molecule has 3 aliphatic heterocycles. The monoisotopic (exact) mass is 922 g/mol. The van der Waals surface area contributed by atoms with Gasteiger partial charge in [-0.3, -0.25) is 30.0 Å². The molecular weight excluding hydrogens is 867 g/mol. The third kappa shape index (κ3) is 10.7. The zero-order valence-electron chi connectivity index (χ0n) is 37.1. The van der Waals surface area contributed by atoms with Gasteiger partial charge in [-0.2, -0.15) is 10.2 Å². The number of likely N-dealkylation sites (tertiary alicyclic amines) is 2. The Hall–Kier alpha value is -5.52. The number of rotatable bonds is 10. The van der Waals surface area contributed by atoms with Crippen molar-refractivity contribution in [1.82, 2.24) is 58.9 Å². The summed E-state index contributed by atoms with van der Waals surface area (Å²) in [5, 5.41) is 13.5. The van der Waals surface area contributed by atoms with E-state index in [-0.39, 0.29) is 18.3 Å². The van der Waals surface area contributed by atoms with Crippen molar-refractivity contribution in [2.75, 3.05) is 26.2 Å². The van der Waals surface area contributed by atoms with Gasteiger partial charge in [0.25, 0.3) is 0 Å². The smallest absolute Gasteiger partial charge is 0.399 e. The van der Waals surface area contributed by atoms with Crippen LogP contribution in [0.2, 0.25) is 0 Å². The van der Waals surface area contributed by atoms with Crippen LogP contribution < -0.4 is 5.46 Å². The third-order valence-corrected chi connectivity index (χ3v) is 13.0. The van der Waals surface area contributed by atoms with E-state index in [1.165, 1.54) is 63.0 Å². The van der Waals surface area contributed by atoms with Crippen molar-refractivity contribution in [2.45, 2.75) is 90.5 Å². The molecule has 64 heavy (non-hydrogen) atoms. The normalized spacial score (nSPS) is 17.2. The van der Waals surface area contributed by atoms with Crippen LogP contribution >= 0.6 is 15.9 Å². The summed E-state index contributed by atoms with van der Waals surface area (Å²) in [6.07, 6.45) is 26.2. The molecule has 0 unspecified atom stereocenters. The summed E-state index contributed by atoms with van der Waals surface area (Å²) < 4.78 is 16.8. The summed E-state index contributed by atoms with van der Waals surface area (Å²) in [4.78, 5) is 23.5. The van der Waals surface area contributed by atoms with Crippen molar-refractivity contribution in [3.8, 4) is 11.1 Å².